The smallest absolute Gasteiger partial charge is 0.293 e. The maximum atomic E-state index is 11.2. The summed E-state index contributed by atoms with van der Waals surface area (Å²) < 4.78 is 5.52. The zero-order chi connectivity index (χ0) is 14.7. The van der Waals surface area contributed by atoms with E-state index in [9.17, 15) is 15.2 Å². The van der Waals surface area contributed by atoms with Crippen molar-refractivity contribution in [3.8, 4) is 6.07 Å². The van der Waals surface area contributed by atoms with Crippen molar-refractivity contribution in [1.29, 1.82) is 5.26 Å². The van der Waals surface area contributed by atoms with Gasteiger partial charge in [0.25, 0.3) is 5.69 Å². The minimum Gasteiger partial charge on any atom is -0.394 e. The maximum absolute atomic E-state index is 11.2. The van der Waals surface area contributed by atoms with Crippen molar-refractivity contribution in [3.63, 3.8) is 0 Å². The van der Waals surface area contributed by atoms with Crippen LogP contribution in [0.25, 0.3) is 0 Å². The third-order valence-electron chi connectivity index (χ3n) is 3.17. The molecule has 106 valence electrons. The number of hydrogen-bond donors (Lipinski definition) is 1. The summed E-state index contributed by atoms with van der Waals surface area (Å²) in [6.45, 7) is 2.60. The molecule has 0 aliphatic carbocycles. The first-order valence-electron chi connectivity index (χ1n) is 6.25. The van der Waals surface area contributed by atoms with Gasteiger partial charge < -0.3 is 14.7 Å². The Morgan fingerprint density at radius 2 is 2.35 bits per heavy atom. The highest BCUT2D eigenvalue weighted by Crippen LogP contribution is 2.31. The lowest BCUT2D eigenvalue weighted by molar-refractivity contribution is -0.384. The van der Waals surface area contributed by atoms with Crippen LogP contribution in [0.4, 0.5) is 11.4 Å². The Kier molecular flexibility index (Phi) is 4.17. The van der Waals surface area contributed by atoms with Gasteiger partial charge in [-0.15, -0.1) is 0 Å². The van der Waals surface area contributed by atoms with E-state index in [4.69, 9.17) is 10.00 Å². The van der Waals surface area contributed by atoms with Crippen LogP contribution in [-0.4, -0.2) is 41.9 Å². The minimum absolute atomic E-state index is 0.102. The molecule has 0 amide bonds. The number of nitro groups is 1. The predicted molar refractivity (Wildman–Crippen MR) is 71.4 cm³/mol. The highest BCUT2D eigenvalue weighted by molar-refractivity contribution is 5.66. The van der Waals surface area contributed by atoms with Crippen molar-refractivity contribution in [2.75, 3.05) is 24.6 Å². The van der Waals surface area contributed by atoms with E-state index in [1.165, 1.54) is 6.07 Å². The number of nitrogens with zero attached hydrogens (tertiary/aromatic N) is 3. The summed E-state index contributed by atoms with van der Waals surface area (Å²) in [6.07, 6.45) is -0.495. The van der Waals surface area contributed by atoms with Gasteiger partial charge in [-0.3, -0.25) is 10.1 Å². The van der Waals surface area contributed by atoms with Crippen molar-refractivity contribution in [2.45, 2.75) is 19.1 Å². The van der Waals surface area contributed by atoms with E-state index in [1.54, 1.807) is 12.1 Å². The molecule has 1 aliphatic rings. The van der Waals surface area contributed by atoms with Gasteiger partial charge in [-0.05, 0) is 19.1 Å². The molecule has 1 aliphatic heterocycles. The number of hydrogen-bond acceptors (Lipinski definition) is 6. The van der Waals surface area contributed by atoms with E-state index < -0.39 is 4.92 Å². The van der Waals surface area contributed by atoms with Crippen molar-refractivity contribution in [1.82, 2.24) is 0 Å². The molecular formula is C13H15N3O4. The fraction of sp³-hybridized carbons (Fsp3) is 0.462. The van der Waals surface area contributed by atoms with Crippen molar-refractivity contribution in [2.24, 2.45) is 0 Å². The zero-order valence-corrected chi connectivity index (χ0v) is 11.0. The van der Waals surface area contributed by atoms with E-state index in [1.807, 2.05) is 17.9 Å². The minimum atomic E-state index is -0.496. The number of aliphatic hydroxyl groups is 1. The van der Waals surface area contributed by atoms with Crippen LogP contribution in [0.15, 0.2) is 18.2 Å². The van der Waals surface area contributed by atoms with Crippen LogP contribution in [0, 0.1) is 21.4 Å². The van der Waals surface area contributed by atoms with E-state index in [-0.39, 0.29) is 30.1 Å². The molecule has 7 nitrogen and oxygen atoms in total. The molecule has 0 spiro atoms. The second-order valence-electron chi connectivity index (χ2n) is 4.73. The Labute approximate surface area is 116 Å². The van der Waals surface area contributed by atoms with Crippen LogP contribution in [0.3, 0.4) is 0 Å². The second kappa shape index (κ2) is 5.86. The van der Waals surface area contributed by atoms with Crippen molar-refractivity contribution < 1.29 is 14.8 Å². The van der Waals surface area contributed by atoms with E-state index in [0.717, 1.165) is 0 Å². The lowest BCUT2D eigenvalue weighted by Crippen LogP contribution is -2.48. The molecule has 1 aromatic rings. The van der Waals surface area contributed by atoms with Crippen molar-refractivity contribution in [3.05, 3.63) is 33.9 Å². The van der Waals surface area contributed by atoms with Gasteiger partial charge in [0.2, 0.25) is 0 Å². The molecule has 0 saturated carbocycles. The van der Waals surface area contributed by atoms with Gasteiger partial charge >= 0.3 is 0 Å². The zero-order valence-electron chi connectivity index (χ0n) is 11.0. The van der Waals surface area contributed by atoms with Crippen molar-refractivity contribution >= 4 is 11.4 Å². The molecule has 1 heterocycles. The Hall–Kier alpha value is -2.17. The molecule has 20 heavy (non-hydrogen) atoms. The first kappa shape index (κ1) is 14.2. The largest absolute Gasteiger partial charge is 0.394 e. The Morgan fingerprint density at radius 3 is 2.95 bits per heavy atom. The van der Waals surface area contributed by atoms with Gasteiger partial charge in [-0.2, -0.15) is 5.26 Å². The van der Waals surface area contributed by atoms with Gasteiger partial charge in [0.05, 0.1) is 35.4 Å². The average Bonchev–Trinajstić information content (AvgIpc) is 2.45. The molecule has 1 fully saturated rings. The number of rotatable bonds is 3. The Morgan fingerprint density at radius 1 is 1.60 bits per heavy atom. The number of anilines is 1. The standard InChI is InChI=1S/C13H15N3O4/c1-9-6-15(7-11(8-17)20-9)12-3-2-10(5-14)4-13(12)16(18)19/h2-4,9,11,17H,6-8H2,1H3. The third kappa shape index (κ3) is 2.87. The highest BCUT2D eigenvalue weighted by Gasteiger charge is 2.29. The van der Waals surface area contributed by atoms with Crippen LogP contribution < -0.4 is 4.90 Å². The fourth-order valence-electron chi connectivity index (χ4n) is 2.35. The quantitative estimate of drug-likeness (QED) is 0.655. The molecule has 2 unspecified atom stereocenters. The van der Waals surface area contributed by atoms with Gasteiger partial charge in [0.15, 0.2) is 0 Å². The summed E-state index contributed by atoms with van der Waals surface area (Å²) in [4.78, 5) is 12.5. The second-order valence-corrected chi connectivity index (χ2v) is 4.73. The van der Waals surface area contributed by atoms with Crippen LogP contribution in [0.1, 0.15) is 12.5 Å². The third-order valence-corrected chi connectivity index (χ3v) is 3.17. The molecule has 1 N–H and O–H groups in total. The van der Waals surface area contributed by atoms with E-state index in [2.05, 4.69) is 0 Å². The summed E-state index contributed by atoms with van der Waals surface area (Å²) in [5, 5.41) is 29.2. The number of morpholine rings is 1. The summed E-state index contributed by atoms with van der Waals surface area (Å²) in [6, 6.07) is 6.29. The molecule has 0 aromatic heterocycles. The summed E-state index contributed by atoms with van der Waals surface area (Å²) in [5.74, 6) is 0. The molecule has 2 atom stereocenters. The highest BCUT2D eigenvalue weighted by atomic mass is 16.6. The van der Waals surface area contributed by atoms with Crippen LogP contribution >= 0.6 is 0 Å². The lowest BCUT2D eigenvalue weighted by atomic mass is 10.1. The topological polar surface area (TPSA) is 99.6 Å². The first-order valence-corrected chi connectivity index (χ1v) is 6.25. The van der Waals surface area contributed by atoms with Crippen LogP contribution in [-0.2, 0) is 4.74 Å². The number of nitriles is 1. The van der Waals surface area contributed by atoms with E-state index >= 15 is 0 Å². The lowest BCUT2D eigenvalue weighted by Gasteiger charge is -2.37. The average molecular weight is 277 g/mol. The van der Waals surface area contributed by atoms with Crippen LogP contribution in [0.2, 0.25) is 0 Å². The Bertz CT molecular complexity index is 555. The molecule has 1 aromatic carbocycles. The van der Waals surface area contributed by atoms with Gasteiger partial charge in [0, 0.05) is 19.2 Å². The van der Waals surface area contributed by atoms with E-state index in [0.29, 0.717) is 18.8 Å². The number of benzene rings is 1. The molecule has 0 radical (unpaired) electrons. The SMILES string of the molecule is CC1CN(c2ccc(C#N)cc2[N+](=O)[O-])CC(CO)O1. The van der Waals surface area contributed by atoms with Gasteiger partial charge in [0.1, 0.15) is 5.69 Å². The summed E-state index contributed by atoms with van der Waals surface area (Å²) >= 11 is 0. The molecule has 2 rings (SSSR count). The summed E-state index contributed by atoms with van der Waals surface area (Å²) in [7, 11) is 0. The molecular weight excluding hydrogens is 262 g/mol. The maximum Gasteiger partial charge on any atom is 0.293 e. The molecule has 1 saturated heterocycles. The first-order chi connectivity index (χ1) is 9.55. The number of aliphatic hydroxyl groups excluding tert-OH is 1. The monoisotopic (exact) mass is 277 g/mol. The predicted octanol–water partition coefficient (Wildman–Crippen LogP) is 1.05. The fourth-order valence-corrected chi connectivity index (χ4v) is 2.35. The van der Waals surface area contributed by atoms with Crippen LogP contribution in [0.5, 0.6) is 0 Å². The normalized spacial score (nSPS) is 22.4. The number of nitro benzene ring substituents is 1. The summed E-state index contributed by atoms with van der Waals surface area (Å²) in [5.41, 5.74) is 0.595. The molecule has 7 heteroatoms. The Balaban J connectivity index is 2.36. The molecule has 0 bridgehead atoms. The van der Waals surface area contributed by atoms with Gasteiger partial charge in [-0.25, -0.2) is 0 Å². The number of ether oxygens (including phenoxy) is 1. The van der Waals surface area contributed by atoms with Gasteiger partial charge in [-0.1, -0.05) is 0 Å².